The van der Waals surface area contributed by atoms with Gasteiger partial charge in [-0.05, 0) is 30.3 Å². The van der Waals surface area contributed by atoms with Crippen molar-refractivity contribution in [3.05, 3.63) is 52.6 Å². The molecule has 0 saturated heterocycles. The minimum atomic E-state index is -0.348. The van der Waals surface area contributed by atoms with E-state index in [4.69, 9.17) is 14.2 Å². The molecule has 0 radical (unpaired) electrons. The summed E-state index contributed by atoms with van der Waals surface area (Å²) in [6.07, 6.45) is 2.80. The van der Waals surface area contributed by atoms with E-state index in [2.05, 4.69) is 15.1 Å². The van der Waals surface area contributed by atoms with E-state index in [9.17, 15) is 9.90 Å². The van der Waals surface area contributed by atoms with Crippen LogP contribution in [-0.2, 0) is 0 Å². The van der Waals surface area contributed by atoms with Crippen LogP contribution in [0, 0.1) is 0 Å². The van der Waals surface area contributed by atoms with Crippen LogP contribution in [0.25, 0.3) is 21.9 Å². The number of aromatic amines is 1. The van der Waals surface area contributed by atoms with Crippen LogP contribution in [0.3, 0.4) is 0 Å². The molecule has 2 heterocycles. The molecule has 29 heavy (non-hydrogen) atoms. The van der Waals surface area contributed by atoms with Gasteiger partial charge in [0.15, 0.2) is 11.5 Å². The number of rotatable bonds is 5. The highest BCUT2D eigenvalue weighted by atomic mass is 16.5. The fourth-order valence-corrected chi connectivity index (χ4v) is 3.05. The average molecular weight is 394 g/mol. The number of nitrogens with one attached hydrogen (secondary N) is 1. The number of hydrogen-bond donors (Lipinski definition) is 2. The van der Waals surface area contributed by atoms with Gasteiger partial charge in [0.25, 0.3) is 5.56 Å². The summed E-state index contributed by atoms with van der Waals surface area (Å²) in [7, 11) is 4.45. The third kappa shape index (κ3) is 3.12. The highest BCUT2D eigenvalue weighted by molar-refractivity contribution is 6.04. The van der Waals surface area contributed by atoms with Crippen molar-refractivity contribution in [2.24, 2.45) is 5.10 Å². The quantitative estimate of drug-likeness (QED) is 0.503. The van der Waals surface area contributed by atoms with Gasteiger partial charge in [0.2, 0.25) is 5.75 Å². The lowest BCUT2D eigenvalue weighted by molar-refractivity contribution is 0.340. The number of aromatic hydroxyl groups is 1. The molecule has 4 aromatic rings. The molecule has 0 saturated carbocycles. The van der Waals surface area contributed by atoms with E-state index < -0.39 is 0 Å². The van der Waals surface area contributed by atoms with Crippen LogP contribution in [0.1, 0.15) is 5.56 Å². The van der Waals surface area contributed by atoms with Crippen molar-refractivity contribution in [2.75, 3.05) is 21.3 Å². The van der Waals surface area contributed by atoms with Crippen LogP contribution in [0.2, 0.25) is 0 Å². The third-order valence-electron chi connectivity index (χ3n) is 4.53. The molecule has 0 aliphatic rings. The van der Waals surface area contributed by atoms with Gasteiger partial charge in [-0.25, -0.2) is 4.98 Å². The monoisotopic (exact) mass is 394 g/mol. The number of phenols is 1. The molecule has 2 aromatic carbocycles. The first kappa shape index (κ1) is 18.4. The molecule has 0 unspecified atom stereocenters. The molecule has 0 amide bonds. The highest BCUT2D eigenvalue weighted by Gasteiger charge is 2.12. The maximum absolute atomic E-state index is 12.8. The SMILES string of the molecule is COc1ccc2[nH]c3c(=O)n(/N=C/c4cc(OC)c(O)c(OC)c4)cnc3c2c1. The Labute approximate surface area is 164 Å². The minimum absolute atomic E-state index is 0.110. The van der Waals surface area contributed by atoms with Gasteiger partial charge in [0.1, 0.15) is 23.1 Å². The number of methoxy groups -OCH3 is 3. The zero-order chi connectivity index (χ0) is 20.5. The van der Waals surface area contributed by atoms with Gasteiger partial charge in [-0.3, -0.25) is 4.79 Å². The number of phenolic OH excluding ortho intramolecular Hbond substituents is 1. The second-order valence-electron chi connectivity index (χ2n) is 6.17. The van der Waals surface area contributed by atoms with Gasteiger partial charge in [-0.1, -0.05) is 0 Å². The van der Waals surface area contributed by atoms with Gasteiger partial charge in [-0.15, -0.1) is 0 Å². The van der Waals surface area contributed by atoms with Crippen molar-refractivity contribution in [1.29, 1.82) is 0 Å². The fourth-order valence-electron chi connectivity index (χ4n) is 3.05. The van der Waals surface area contributed by atoms with Crippen LogP contribution < -0.4 is 19.8 Å². The Morgan fingerprint density at radius 2 is 1.83 bits per heavy atom. The summed E-state index contributed by atoms with van der Waals surface area (Å²) in [6.45, 7) is 0. The maximum Gasteiger partial charge on any atom is 0.298 e. The second kappa shape index (κ2) is 7.19. The number of aromatic nitrogens is 3. The summed E-state index contributed by atoms with van der Waals surface area (Å²) in [5.74, 6) is 1.03. The summed E-state index contributed by atoms with van der Waals surface area (Å²) in [6, 6.07) is 8.61. The molecule has 0 atom stereocenters. The van der Waals surface area contributed by atoms with E-state index in [1.165, 1.54) is 26.8 Å². The Hall–Kier alpha value is -4.01. The Bertz CT molecular complexity index is 1280. The van der Waals surface area contributed by atoms with Gasteiger partial charge >= 0.3 is 0 Å². The van der Waals surface area contributed by atoms with E-state index in [1.54, 1.807) is 25.3 Å². The van der Waals surface area contributed by atoms with Gasteiger partial charge < -0.3 is 24.3 Å². The Kier molecular flexibility index (Phi) is 4.55. The largest absolute Gasteiger partial charge is 0.502 e. The molecule has 0 fully saturated rings. The van der Waals surface area contributed by atoms with E-state index in [0.717, 1.165) is 15.6 Å². The van der Waals surface area contributed by atoms with Gasteiger partial charge in [-0.2, -0.15) is 9.78 Å². The number of ether oxygens (including phenoxy) is 3. The first-order chi connectivity index (χ1) is 14.0. The fraction of sp³-hybridized carbons (Fsp3) is 0.150. The molecule has 148 valence electrons. The van der Waals surface area contributed by atoms with E-state index in [-0.39, 0.29) is 22.8 Å². The van der Waals surface area contributed by atoms with Crippen molar-refractivity contribution in [1.82, 2.24) is 14.6 Å². The summed E-state index contributed by atoms with van der Waals surface area (Å²) < 4.78 is 16.6. The van der Waals surface area contributed by atoms with Crippen LogP contribution in [-0.4, -0.2) is 47.3 Å². The van der Waals surface area contributed by atoms with Gasteiger partial charge in [0, 0.05) is 16.5 Å². The van der Waals surface area contributed by atoms with Crippen molar-refractivity contribution >= 4 is 28.2 Å². The number of hydrogen-bond acceptors (Lipinski definition) is 7. The standard InChI is InChI=1S/C20H18N4O5/c1-27-12-4-5-14-13(8-12)17-18(23-14)20(26)24(10-21-17)22-9-11-6-15(28-2)19(25)16(7-11)29-3/h4-10,23,25H,1-3H3/b22-9+. The predicted octanol–water partition coefficient (Wildman–Crippen LogP) is 2.49. The normalized spacial score (nSPS) is 11.4. The van der Waals surface area contributed by atoms with Crippen molar-refractivity contribution < 1.29 is 19.3 Å². The zero-order valence-corrected chi connectivity index (χ0v) is 16.0. The molecular weight excluding hydrogens is 376 g/mol. The number of benzene rings is 2. The molecule has 0 spiro atoms. The van der Waals surface area contributed by atoms with Crippen LogP contribution in [0.15, 0.2) is 46.6 Å². The first-order valence-electron chi connectivity index (χ1n) is 8.62. The average Bonchev–Trinajstić information content (AvgIpc) is 3.12. The lowest BCUT2D eigenvalue weighted by Gasteiger charge is -2.09. The molecule has 2 aromatic heterocycles. The zero-order valence-electron chi connectivity index (χ0n) is 16.0. The van der Waals surface area contributed by atoms with Crippen molar-refractivity contribution in [3.63, 3.8) is 0 Å². The number of H-pyrrole nitrogens is 1. The van der Waals surface area contributed by atoms with E-state index in [0.29, 0.717) is 22.3 Å². The lowest BCUT2D eigenvalue weighted by atomic mass is 10.2. The molecule has 0 aliphatic carbocycles. The van der Waals surface area contributed by atoms with Crippen LogP contribution in [0.4, 0.5) is 0 Å². The minimum Gasteiger partial charge on any atom is -0.502 e. The second-order valence-corrected chi connectivity index (χ2v) is 6.17. The maximum atomic E-state index is 12.8. The van der Waals surface area contributed by atoms with Crippen molar-refractivity contribution in [2.45, 2.75) is 0 Å². The molecule has 9 nitrogen and oxygen atoms in total. The molecule has 0 aliphatic heterocycles. The van der Waals surface area contributed by atoms with Crippen molar-refractivity contribution in [3.8, 4) is 23.0 Å². The number of nitrogens with zero attached hydrogens (tertiary/aromatic N) is 3. The summed E-state index contributed by atoms with van der Waals surface area (Å²) >= 11 is 0. The smallest absolute Gasteiger partial charge is 0.298 e. The molecular formula is C20H18N4O5. The molecule has 4 rings (SSSR count). The Morgan fingerprint density at radius 1 is 1.10 bits per heavy atom. The topological polar surface area (TPSA) is 111 Å². The van der Waals surface area contributed by atoms with Crippen LogP contribution in [0.5, 0.6) is 23.0 Å². The predicted molar refractivity (Wildman–Crippen MR) is 109 cm³/mol. The van der Waals surface area contributed by atoms with Gasteiger partial charge in [0.05, 0.1) is 27.5 Å². The first-order valence-corrected chi connectivity index (χ1v) is 8.62. The lowest BCUT2D eigenvalue weighted by Crippen LogP contribution is -2.17. The van der Waals surface area contributed by atoms with E-state index >= 15 is 0 Å². The Morgan fingerprint density at radius 3 is 2.48 bits per heavy atom. The summed E-state index contributed by atoms with van der Waals surface area (Å²) in [5, 5.41) is 15.0. The molecule has 2 N–H and O–H groups in total. The number of fused-ring (bicyclic) bond motifs is 3. The molecule has 9 heteroatoms. The molecule has 0 bridgehead atoms. The van der Waals surface area contributed by atoms with E-state index in [1.807, 2.05) is 12.1 Å². The summed E-state index contributed by atoms with van der Waals surface area (Å²) in [5.41, 5.74) is 1.89. The van der Waals surface area contributed by atoms with Crippen LogP contribution >= 0.6 is 0 Å². The third-order valence-corrected chi connectivity index (χ3v) is 4.53. The summed E-state index contributed by atoms with van der Waals surface area (Å²) in [4.78, 5) is 20.3. The Balaban J connectivity index is 1.78. The highest BCUT2D eigenvalue weighted by Crippen LogP contribution is 2.36.